The molecule has 1 aromatic heterocycles. The number of aromatic amines is 1. The van der Waals surface area contributed by atoms with Gasteiger partial charge in [-0.1, -0.05) is 66.7 Å². The molecular formula is C25H21N3. The second-order valence-corrected chi connectivity index (χ2v) is 6.26. The summed E-state index contributed by atoms with van der Waals surface area (Å²) in [7, 11) is 0. The van der Waals surface area contributed by atoms with E-state index in [2.05, 4.69) is 87.7 Å². The highest BCUT2D eigenvalue weighted by Crippen LogP contribution is 2.33. The van der Waals surface area contributed by atoms with Gasteiger partial charge in [-0.05, 0) is 48.5 Å². The van der Waals surface area contributed by atoms with E-state index in [-0.39, 0.29) is 0 Å². The highest BCUT2D eigenvalue weighted by molar-refractivity contribution is 5.76. The first-order valence-electron chi connectivity index (χ1n) is 9.25. The Kier molecular flexibility index (Phi) is 5.45. The van der Waals surface area contributed by atoms with Crippen molar-refractivity contribution in [3.8, 4) is 0 Å². The summed E-state index contributed by atoms with van der Waals surface area (Å²) >= 11 is 0. The van der Waals surface area contributed by atoms with E-state index in [4.69, 9.17) is 0 Å². The summed E-state index contributed by atoms with van der Waals surface area (Å²) in [6, 6.07) is 39.2. The van der Waals surface area contributed by atoms with Crippen LogP contribution in [0.15, 0.2) is 122 Å². The fraction of sp³-hybridized carbons (Fsp3) is 0. The molecule has 1 N–H and O–H groups in total. The van der Waals surface area contributed by atoms with Crippen molar-refractivity contribution in [3.05, 3.63) is 122 Å². The van der Waals surface area contributed by atoms with Gasteiger partial charge in [-0.25, -0.2) is 4.98 Å². The first-order valence-corrected chi connectivity index (χ1v) is 9.25. The lowest BCUT2D eigenvalue weighted by Gasteiger charge is -2.25. The average Bonchev–Trinajstić information content (AvgIpc) is 3.26. The minimum absolute atomic E-state index is 1.03. The summed E-state index contributed by atoms with van der Waals surface area (Å²) in [6.45, 7) is 0. The Labute approximate surface area is 164 Å². The Morgan fingerprint density at radius 2 is 0.929 bits per heavy atom. The molecule has 0 unspecified atom stereocenters. The highest BCUT2D eigenvalue weighted by Gasteiger charge is 2.10. The number of aromatic nitrogens is 2. The van der Waals surface area contributed by atoms with Gasteiger partial charge in [0.2, 0.25) is 0 Å². The Balaban J connectivity index is 0.000000177. The van der Waals surface area contributed by atoms with Gasteiger partial charge in [-0.15, -0.1) is 0 Å². The third-order valence-corrected chi connectivity index (χ3v) is 4.37. The SMILES string of the molecule is c1ccc(N(c2ccccc2)c2ccccc2)cc1.c1ccc2[nH]cnc2c1. The van der Waals surface area contributed by atoms with E-state index in [0.29, 0.717) is 0 Å². The van der Waals surface area contributed by atoms with E-state index in [0.717, 1.165) is 11.0 Å². The molecule has 136 valence electrons. The van der Waals surface area contributed by atoms with Crippen molar-refractivity contribution in [1.29, 1.82) is 0 Å². The molecule has 0 saturated heterocycles. The second kappa shape index (κ2) is 8.69. The van der Waals surface area contributed by atoms with E-state index in [9.17, 15) is 0 Å². The Bertz CT molecular complexity index is 979. The van der Waals surface area contributed by atoms with Crippen LogP contribution in [0.25, 0.3) is 11.0 Å². The predicted molar refractivity (Wildman–Crippen MR) is 117 cm³/mol. The van der Waals surface area contributed by atoms with Gasteiger partial charge in [0.1, 0.15) is 0 Å². The third-order valence-electron chi connectivity index (χ3n) is 4.37. The fourth-order valence-corrected chi connectivity index (χ4v) is 3.06. The predicted octanol–water partition coefficient (Wildman–Crippen LogP) is 6.72. The van der Waals surface area contributed by atoms with E-state index >= 15 is 0 Å². The van der Waals surface area contributed by atoms with Crippen LogP contribution >= 0.6 is 0 Å². The van der Waals surface area contributed by atoms with Gasteiger partial charge in [-0.2, -0.15) is 0 Å². The molecule has 0 aliphatic heterocycles. The normalized spacial score (nSPS) is 10.1. The van der Waals surface area contributed by atoms with E-state index in [1.807, 2.05) is 42.5 Å². The summed E-state index contributed by atoms with van der Waals surface area (Å²) in [4.78, 5) is 9.32. The van der Waals surface area contributed by atoms with Crippen molar-refractivity contribution < 1.29 is 0 Å². The number of H-pyrrole nitrogens is 1. The highest BCUT2D eigenvalue weighted by atomic mass is 15.1. The molecule has 5 rings (SSSR count). The Morgan fingerprint density at radius 1 is 0.500 bits per heavy atom. The molecule has 5 aromatic rings. The minimum Gasteiger partial charge on any atom is -0.345 e. The molecule has 0 bridgehead atoms. The molecule has 0 aliphatic rings. The number of rotatable bonds is 3. The smallest absolute Gasteiger partial charge is 0.0931 e. The van der Waals surface area contributed by atoms with Crippen LogP contribution in [0.4, 0.5) is 17.1 Å². The van der Waals surface area contributed by atoms with Crippen molar-refractivity contribution in [3.63, 3.8) is 0 Å². The lowest BCUT2D eigenvalue weighted by Crippen LogP contribution is -2.09. The average molecular weight is 363 g/mol. The standard InChI is InChI=1S/C18H15N.C7H6N2/c1-4-10-16(11-5-1)19(17-12-6-2-7-13-17)18-14-8-3-9-15-18;1-2-4-7-6(3-1)8-5-9-7/h1-15H;1-5H,(H,8,9). The van der Waals surface area contributed by atoms with Gasteiger partial charge < -0.3 is 9.88 Å². The molecule has 0 radical (unpaired) electrons. The van der Waals surface area contributed by atoms with Crippen molar-refractivity contribution >= 4 is 28.1 Å². The van der Waals surface area contributed by atoms with Crippen LogP contribution in [0.2, 0.25) is 0 Å². The summed E-state index contributed by atoms with van der Waals surface area (Å²) in [6.07, 6.45) is 1.70. The fourth-order valence-electron chi connectivity index (χ4n) is 3.06. The minimum atomic E-state index is 1.03. The van der Waals surface area contributed by atoms with Crippen LogP contribution in [0, 0.1) is 0 Å². The molecule has 3 heteroatoms. The number of anilines is 3. The van der Waals surface area contributed by atoms with Crippen molar-refractivity contribution in [2.75, 3.05) is 4.90 Å². The van der Waals surface area contributed by atoms with Crippen LogP contribution in [0.3, 0.4) is 0 Å². The molecule has 4 aromatic carbocycles. The summed E-state index contributed by atoms with van der Waals surface area (Å²) < 4.78 is 0. The molecule has 0 saturated carbocycles. The van der Waals surface area contributed by atoms with E-state index in [1.54, 1.807) is 6.33 Å². The molecule has 0 spiro atoms. The van der Waals surface area contributed by atoms with Gasteiger partial charge in [-0.3, -0.25) is 0 Å². The van der Waals surface area contributed by atoms with Crippen molar-refractivity contribution in [1.82, 2.24) is 9.97 Å². The maximum absolute atomic E-state index is 4.06. The summed E-state index contributed by atoms with van der Waals surface area (Å²) in [5.41, 5.74) is 5.62. The maximum Gasteiger partial charge on any atom is 0.0931 e. The quantitative estimate of drug-likeness (QED) is 0.386. The maximum atomic E-state index is 4.06. The summed E-state index contributed by atoms with van der Waals surface area (Å²) in [5, 5.41) is 0. The zero-order valence-corrected chi connectivity index (χ0v) is 15.4. The van der Waals surface area contributed by atoms with Crippen LogP contribution in [0.1, 0.15) is 0 Å². The Hall–Kier alpha value is -3.85. The van der Waals surface area contributed by atoms with Gasteiger partial charge >= 0.3 is 0 Å². The van der Waals surface area contributed by atoms with Crippen LogP contribution in [-0.2, 0) is 0 Å². The van der Waals surface area contributed by atoms with Gasteiger partial charge in [0.05, 0.1) is 17.4 Å². The van der Waals surface area contributed by atoms with Gasteiger partial charge in [0.15, 0.2) is 0 Å². The monoisotopic (exact) mass is 363 g/mol. The number of imidazole rings is 1. The molecule has 0 fully saturated rings. The Morgan fingerprint density at radius 3 is 1.39 bits per heavy atom. The van der Waals surface area contributed by atoms with Crippen molar-refractivity contribution in [2.45, 2.75) is 0 Å². The number of nitrogens with one attached hydrogen (secondary N) is 1. The molecule has 0 atom stereocenters. The number of fused-ring (bicyclic) bond motifs is 1. The number of benzene rings is 4. The zero-order valence-electron chi connectivity index (χ0n) is 15.4. The van der Waals surface area contributed by atoms with Gasteiger partial charge in [0.25, 0.3) is 0 Å². The summed E-state index contributed by atoms with van der Waals surface area (Å²) in [5.74, 6) is 0. The molecule has 3 nitrogen and oxygen atoms in total. The number of para-hydroxylation sites is 5. The number of nitrogens with zero attached hydrogens (tertiary/aromatic N) is 2. The van der Waals surface area contributed by atoms with Crippen LogP contribution in [0.5, 0.6) is 0 Å². The molecular weight excluding hydrogens is 342 g/mol. The van der Waals surface area contributed by atoms with Crippen LogP contribution < -0.4 is 4.90 Å². The second-order valence-electron chi connectivity index (χ2n) is 6.26. The lowest BCUT2D eigenvalue weighted by molar-refractivity contribution is 1.28. The molecule has 0 aliphatic carbocycles. The van der Waals surface area contributed by atoms with Gasteiger partial charge in [0, 0.05) is 17.1 Å². The van der Waals surface area contributed by atoms with Crippen molar-refractivity contribution in [2.24, 2.45) is 0 Å². The molecule has 28 heavy (non-hydrogen) atoms. The zero-order chi connectivity index (χ0) is 19.0. The first-order chi connectivity index (χ1) is 13.9. The van der Waals surface area contributed by atoms with Crippen LogP contribution in [-0.4, -0.2) is 9.97 Å². The number of hydrogen-bond acceptors (Lipinski definition) is 2. The number of hydrogen-bond donors (Lipinski definition) is 1. The van der Waals surface area contributed by atoms with E-state index < -0.39 is 0 Å². The molecule has 1 heterocycles. The first kappa shape index (κ1) is 17.6. The largest absolute Gasteiger partial charge is 0.345 e. The lowest BCUT2D eigenvalue weighted by atomic mass is 10.2. The van der Waals surface area contributed by atoms with E-state index in [1.165, 1.54) is 17.1 Å². The third kappa shape index (κ3) is 4.10. The topological polar surface area (TPSA) is 31.9 Å². The molecule has 0 amide bonds.